The summed E-state index contributed by atoms with van der Waals surface area (Å²) < 4.78 is 0. The van der Waals surface area contributed by atoms with E-state index in [4.69, 9.17) is 4.99 Å². The molecule has 0 spiro atoms. The second kappa shape index (κ2) is 12.2. The molecule has 6 nitrogen and oxygen atoms in total. The van der Waals surface area contributed by atoms with Gasteiger partial charge in [0.1, 0.15) is 5.84 Å². The monoisotopic (exact) mass is 444 g/mol. The van der Waals surface area contributed by atoms with Gasteiger partial charge in [0.25, 0.3) is 0 Å². The van der Waals surface area contributed by atoms with E-state index >= 15 is 0 Å². The average Bonchev–Trinajstić information content (AvgIpc) is 2.93. The summed E-state index contributed by atoms with van der Waals surface area (Å²) in [5.41, 5.74) is 0. The topological polar surface area (TPSA) is 65.0 Å². The van der Waals surface area contributed by atoms with Crippen LogP contribution in [0.15, 0.2) is 4.99 Å². The zero-order valence-corrected chi connectivity index (χ0v) is 20.0. The number of amidine groups is 1. The standard InChI is InChI=1S/C26H44N4O2/c31-25(16-15-24-27-23-14-10-6-5-9-13-22(23)26(32)28-24)30-19-17-29(18-20-30)21-11-7-3-1-2-4-8-12-21/h21-23H,1-20H2,(H,27,28,32). The van der Waals surface area contributed by atoms with Gasteiger partial charge in [-0.25, -0.2) is 0 Å². The molecule has 4 rings (SSSR count). The van der Waals surface area contributed by atoms with Crippen LogP contribution in [0.1, 0.15) is 103 Å². The van der Waals surface area contributed by atoms with Crippen LogP contribution in [0, 0.1) is 5.92 Å². The van der Waals surface area contributed by atoms with Crippen molar-refractivity contribution in [1.29, 1.82) is 0 Å². The Morgan fingerprint density at radius 2 is 1.41 bits per heavy atom. The molecule has 2 aliphatic carbocycles. The number of nitrogens with zero attached hydrogens (tertiary/aromatic N) is 3. The molecule has 3 fully saturated rings. The van der Waals surface area contributed by atoms with Crippen LogP contribution in [-0.2, 0) is 9.59 Å². The molecular weight excluding hydrogens is 400 g/mol. The third-order valence-corrected chi connectivity index (χ3v) is 8.24. The maximum Gasteiger partial charge on any atom is 0.230 e. The molecule has 0 aromatic heterocycles. The molecule has 32 heavy (non-hydrogen) atoms. The van der Waals surface area contributed by atoms with Crippen molar-refractivity contribution in [2.75, 3.05) is 26.2 Å². The molecule has 2 aliphatic heterocycles. The summed E-state index contributed by atoms with van der Waals surface area (Å²) in [4.78, 5) is 35.0. The fourth-order valence-corrected chi connectivity index (χ4v) is 6.22. The summed E-state index contributed by atoms with van der Waals surface area (Å²) in [5.74, 6) is 1.14. The minimum absolute atomic E-state index is 0.0420. The minimum atomic E-state index is 0.0420. The van der Waals surface area contributed by atoms with Crippen molar-refractivity contribution in [1.82, 2.24) is 15.1 Å². The molecule has 2 amide bonds. The van der Waals surface area contributed by atoms with Crippen molar-refractivity contribution in [3.63, 3.8) is 0 Å². The van der Waals surface area contributed by atoms with E-state index in [9.17, 15) is 9.59 Å². The lowest BCUT2D eigenvalue weighted by Crippen LogP contribution is -2.52. The van der Waals surface area contributed by atoms with E-state index in [1.165, 1.54) is 64.2 Å². The molecule has 2 saturated carbocycles. The molecule has 0 radical (unpaired) electrons. The molecule has 1 N–H and O–H groups in total. The Labute approximate surface area is 194 Å². The number of amides is 2. The maximum absolute atomic E-state index is 12.9. The minimum Gasteiger partial charge on any atom is -0.340 e. The summed E-state index contributed by atoms with van der Waals surface area (Å²) in [6.07, 6.45) is 18.7. The van der Waals surface area contributed by atoms with Gasteiger partial charge in [0.2, 0.25) is 11.8 Å². The highest BCUT2D eigenvalue weighted by atomic mass is 16.2. The zero-order chi connectivity index (χ0) is 22.2. The maximum atomic E-state index is 12.9. The highest BCUT2D eigenvalue weighted by Gasteiger charge is 2.33. The van der Waals surface area contributed by atoms with Crippen molar-refractivity contribution >= 4 is 17.6 Å². The van der Waals surface area contributed by atoms with Gasteiger partial charge < -0.3 is 10.2 Å². The number of hydrogen-bond donors (Lipinski definition) is 1. The summed E-state index contributed by atoms with van der Waals surface area (Å²) in [6.45, 7) is 3.72. The van der Waals surface area contributed by atoms with E-state index in [0.717, 1.165) is 57.7 Å². The van der Waals surface area contributed by atoms with E-state index < -0.39 is 0 Å². The van der Waals surface area contributed by atoms with E-state index in [-0.39, 0.29) is 23.8 Å². The van der Waals surface area contributed by atoms with Gasteiger partial charge in [0.05, 0.1) is 12.0 Å². The second-order valence-electron chi connectivity index (χ2n) is 10.5. The molecule has 2 unspecified atom stereocenters. The molecule has 0 aromatic rings. The quantitative estimate of drug-likeness (QED) is 0.704. The predicted octanol–water partition coefficient (Wildman–Crippen LogP) is 4.28. The van der Waals surface area contributed by atoms with Crippen molar-refractivity contribution in [3.8, 4) is 0 Å². The molecule has 4 aliphatic rings. The first kappa shape index (κ1) is 23.7. The second-order valence-corrected chi connectivity index (χ2v) is 10.5. The Hall–Kier alpha value is -1.43. The van der Waals surface area contributed by atoms with Crippen LogP contribution >= 0.6 is 0 Å². The fourth-order valence-electron chi connectivity index (χ4n) is 6.22. The number of nitrogens with one attached hydrogen (secondary N) is 1. The Kier molecular flexibility index (Phi) is 9.01. The summed E-state index contributed by atoms with van der Waals surface area (Å²) in [5, 5.41) is 3.02. The van der Waals surface area contributed by atoms with E-state index in [0.29, 0.717) is 18.9 Å². The van der Waals surface area contributed by atoms with Crippen molar-refractivity contribution in [2.45, 2.75) is 115 Å². The van der Waals surface area contributed by atoms with Gasteiger partial charge in [-0.1, -0.05) is 64.2 Å². The number of hydrogen-bond acceptors (Lipinski definition) is 4. The lowest BCUT2D eigenvalue weighted by atomic mass is 9.85. The SMILES string of the molecule is O=C1NC(CCC(=O)N2CCN(C3CCCCCCCC3)CC2)=NC2CCCCCCC12. The van der Waals surface area contributed by atoms with Gasteiger partial charge in [0, 0.05) is 45.1 Å². The molecule has 180 valence electrons. The largest absolute Gasteiger partial charge is 0.340 e. The number of carbonyl (C=O) groups excluding carboxylic acids is 2. The first-order chi connectivity index (χ1) is 15.7. The number of rotatable bonds is 4. The number of fused-ring (bicyclic) bond motifs is 1. The molecule has 0 aromatic carbocycles. The van der Waals surface area contributed by atoms with Crippen LogP contribution in [0.25, 0.3) is 0 Å². The number of aliphatic imine (C=N–C) groups is 1. The van der Waals surface area contributed by atoms with E-state index in [1.807, 2.05) is 4.90 Å². The highest BCUT2D eigenvalue weighted by Crippen LogP contribution is 2.28. The molecule has 2 atom stereocenters. The Bertz CT molecular complexity index is 646. The Morgan fingerprint density at radius 3 is 2.09 bits per heavy atom. The van der Waals surface area contributed by atoms with Crippen LogP contribution in [0.2, 0.25) is 0 Å². The highest BCUT2D eigenvalue weighted by molar-refractivity contribution is 6.02. The van der Waals surface area contributed by atoms with Gasteiger partial charge in [-0.15, -0.1) is 0 Å². The number of carbonyl (C=O) groups is 2. The van der Waals surface area contributed by atoms with E-state index in [2.05, 4.69) is 10.2 Å². The lowest BCUT2D eigenvalue weighted by molar-refractivity contribution is -0.133. The Balaban J connectivity index is 1.22. The first-order valence-electron chi connectivity index (χ1n) is 13.6. The average molecular weight is 445 g/mol. The van der Waals surface area contributed by atoms with Crippen molar-refractivity contribution in [3.05, 3.63) is 0 Å². The summed E-state index contributed by atoms with van der Waals surface area (Å²) >= 11 is 0. The van der Waals surface area contributed by atoms with Crippen molar-refractivity contribution < 1.29 is 9.59 Å². The van der Waals surface area contributed by atoms with Gasteiger partial charge in [0.15, 0.2) is 0 Å². The third-order valence-electron chi connectivity index (χ3n) is 8.24. The smallest absolute Gasteiger partial charge is 0.230 e. The van der Waals surface area contributed by atoms with Gasteiger partial charge in [-0.3, -0.25) is 19.5 Å². The van der Waals surface area contributed by atoms with Crippen LogP contribution in [0.5, 0.6) is 0 Å². The van der Waals surface area contributed by atoms with Crippen LogP contribution in [0.3, 0.4) is 0 Å². The molecule has 6 heteroatoms. The third kappa shape index (κ3) is 6.55. The fraction of sp³-hybridized carbons (Fsp3) is 0.885. The number of piperazine rings is 1. The summed E-state index contributed by atoms with van der Waals surface area (Å²) in [7, 11) is 0. The molecule has 1 saturated heterocycles. The van der Waals surface area contributed by atoms with Gasteiger partial charge >= 0.3 is 0 Å². The van der Waals surface area contributed by atoms with Crippen LogP contribution in [-0.4, -0.2) is 65.7 Å². The van der Waals surface area contributed by atoms with Crippen LogP contribution < -0.4 is 5.32 Å². The van der Waals surface area contributed by atoms with Crippen molar-refractivity contribution in [2.24, 2.45) is 10.9 Å². The molecule has 0 bridgehead atoms. The van der Waals surface area contributed by atoms with E-state index in [1.54, 1.807) is 0 Å². The predicted molar refractivity (Wildman–Crippen MR) is 129 cm³/mol. The normalized spacial score (nSPS) is 29.4. The summed E-state index contributed by atoms with van der Waals surface area (Å²) in [6, 6.07) is 0.847. The molecular formula is C26H44N4O2. The molecule has 2 heterocycles. The Morgan fingerprint density at radius 1 is 0.812 bits per heavy atom. The first-order valence-corrected chi connectivity index (χ1v) is 13.6. The lowest BCUT2D eigenvalue weighted by Gasteiger charge is -2.39. The van der Waals surface area contributed by atoms with Crippen LogP contribution in [0.4, 0.5) is 0 Å². The van der Waals surface area contributed by atoms with Gasteiger partial charge in [-0.2, -0.15) is 0 Å². The van der Waals surface area contributed by atoms with Gasteiger partial charge in [-0.05, 0) is 25.7 Å². The zero-order valence-electron chi connectivity index (χ0n) is 20.0.